The Morgan fingerprint density at radius 2 is 1.89 bits per heavy atom. The van der Waals surface area contributed by atoms with E-state index in [1.54, 1.807) is 6.92 Å². The molecule has 2 aromatic rings. The zero-order chi connectivity index (χ0) is 20.1. The average molecular weight is 387 g/mol. The summed E-state index contributed by atoms with van der Waals surface area (Å²) in [6.45, 7) is 3.86. The van der Waals surface area contributed by atoms with Gasteiger partial charge in [0.2, 0.25) is 5.78 Å². The molecule has 1 heterocycles. The minimum atomic E-state index is -1.03. The van der Waals surface area contributed by atoms with Crippen LogP contribution in [0.3, 0.4) is 0 Å². The topological polar surface area (TPSA) is 46.6 Å². The molecule has 0 N–H and O–H groups in total. The van der Waals surface area contributed by atoms with Crippen molar-refractivity contribution in [2.24, 2.45) is 0 Å². The summed E-state index contributed by atoms with van der Waals surface area (Å²) in [5.74, 6) is -3.23. The minimum Gasteiger partial charge on any atom is -0.460 e. The first kappa shape index (κ1) is 20.1. The Kier molecular flexibility index (Phi) is 6.52. The molecule has 0 radical (unpaired) electrons. The number of benzene rings is 2. The van der Waals surface area contributed by atoms with Crippen LogP contribution in [0.5, 0.6) is 0 Å². The highest BCUT2D eigenvalue weighted by molar-refractivity contribution is 6.34. The molecule has 28 heavy (non-hydrogen) atoms. The lowest BCUT2D eigenvalue weighted by molar-refractivity contribution is -0.153. The third-order valence-corrected chi connectivity index (χ3v) is 4.98. The Labute approximate surface area is 163 Å². The van der Waals surface area contributed by atoms with E-state index >= 15 is 0 Å². The smallest absolute Gasteiger partial charge is 0.374 e. The molecule has 1 unspecified atom stereocenters. The van der Waals surface area contributed by atoms with Crippen LogP contribution in [0, 0.1) is 11.6 Å². The van der Waals surface area contributed by atoms with Gasteiger partial charge in [0.1, 0.15) is 11.6 Å². The predicted molar refractivity (Wildman–Crippen MR) is 101 cm³/mol. The van der Waals surface area contributed by atoms with Gasteiger partial charge in [0.15, 0.2) is 0 Å². The van der Waals surface area contributed by atoms with Gasteiger partial charge in [-0.3, -0.25) is 9.69 Å². The number of nitrogens with zero attached hydrogens (tertiary/aromatic N) is 1. The van der Waals surface area contributed by atoms with Crippen LogP contribution in [0.2, 0.25) is 0 Å². The molecular weight excluding hydrogens is 364 g/mol. The second-order valence-electron chi connectivity index (χ2n) is 6.99. The van der Waals surface area contributed by atoms with Crippen LogP contribution in [0.15, 0.2) is 42.5 Å². The summed E-state index contributed by atoms with van der Waals surface area (Å²) in [6.07, 6.45) is 0.233. The van der Waals surface area contributed by atoms with Gasteiger partial charge in [0.25, 0.3) is 0 Å². The summed E-state index contributed by atoms with van der Waals surface area (Å²) < 4.78 is 33.7. The van der Waals surface area contributed by atoms with Gasteiger partial charge in [-0.25, -0.2) is 13.6 Å². The molecule has 1 aliphatic rings. The lowest BCUT2D eigenvalue weighted by atomic mass is 9.95. The van der Waals surface area contributed by atoms with E-state index in [2.05, 4.69) is 9.64 Å². The molecule has 0 amide bonds. The van der Waals surface area contributed by atoms with E-state index in [0.29, 0.717) is 12.1 Å². The summed E-state index contributed by atoms with van der Waals surface area (Å²) in [4.78, 5) is 25.4. The highest BCUT2D eigenvalue weighted by Crippen LogP contribution is 2.31. The van der Waals surface area contributed by atoms with Crippen LogP contribution in [-0.4, -0.2) is 36.3 Å². The molecule has 0 bridgehead atoms. The van der Waals surface area contributed by atoms with E-state index < -0.39 is 29.8 Å². The molecule has 6 heteroatoms. The van der Waals surface area contributed by atoms with Gasteiger partial charge in [-0.15, -0.1) is 0 Å². The van der Waals surface area contributed by atoms with Gasteiger partial charge in [0.05, 0.1) is 6.61 Å². The van der Waals surface area contributed by atoms with Crippen molar-refractivity contribution in [2.75, 3.05) is 19.7 Å². The van der Waals surface area contributed by atoms with Gasteiger partial charge in [0, 0.05) is 25.4 Å². The molecular formula is C22H23F2NO3. The van der Waals surface area contributed by atoms with Crippen LogP contribution >= 0.6 is 0 Å². The number of halogens is 2. The first-order valence-corrected chi connectivity index (χ1v) is 9.42. The highest BCUT2D eigenvalue weighted by atomic mass is 19.1. The first-order chi connectivity index (χ1) is 13.5. The molecule has 0 saturated carbocycles. The third-order valence-electron chi connectivity index (χ3n) is 4.98. The summed E-state index contributed by atoms with van der Waals surface area (Å²) >= 11 is 0. The van der Waals surface area contributed by atoms with Crippen molar-refractivity contribution in [2.45, 2.75) is 32.2 Å². The van der Waals surface area contributed by atoms with E-state index in [1.807, 2.05) is 30.3 Å². The predicted octanol–water partition coefficient (Wildman–Crippen LogP) is 3.63. The van der Waals surface area contributed by atoms with Crippen LogP contribution in [0.4, 0.5) is 8.78 Å². The molecule has 0 aromatic heterocycles. The lowest BCUT2D eigenvalue weighted by Crippen LogP contribution is -2.21. The molecule has 1 fully saturated rings. The van der Waals surface area contributed by atoms with Gasteiger partial charge in [-0.1, -0.05) is 30.3 Å². The van der Waals surface area contributed by atoms with E-state index in [9.17, 15) is 18.4 Å². The molecule has 148 valence electrons. The second-order valence-corrected chi connectivity index (χ2v) is 6.99. The van der Waals surface area contributed by atoms with E-state index in [-0.39, 0.29) is 18.1 Å². The van der Waals surface area contributed by atoms with Crippen molar-refractivity contribution in [3.05, 3.63) is 70.8 Å². The minimum absolute atomic E-state index is 0.0571. The van der Waals surface area contributed by atoms with Crippen molar-refractivity contribution < 1.29 is 23.1 Å². The number of Topliss-reactive ketones (excluding diaryl/α,β-unsaturated/α-hetero) is 1. The number of ether oxygens (including phenoxy) is 1. The normalized spacial score (nSPS) is 16.9. The molecule has 0 spiro atoms. The Morgan fingerprint density at radius 1 is 1.14 bits per heavy atom. The molecule has 1 atom stereocenters. The zero-order valence-corrected chi connectivity index (χ0v) is 15.8. The van der Waals surface area contributed by atoms with Crippen molar-refractivity contribution in [3.8, 4) is 0 Å². The first-order valence-electron chi connectivity index (χ1n) is 9.42. The SMILES string of the molecule is CCOC(=O)C(=O)Cc1cc(F)c(C2CCN(Cc3ccccc3)C2)cc1F. The maximum Gasteiger partial charge on any atom is 0.374 e. The number of likely N-dealkylation sites (tertiary alicyclic amines) is 1. The third kappa shape index (κ3) is 4.81. The average Bonchev–Trinajstić information content (AvgIpc) is 3.13. The van der Waals surface area contributed by atoms with Crippen molar-refractivity contribution in [3.63, 3.8) is 0 Å². The number of carbonyl (C=O) groups excluding carboxylic acids is 2. The molecule has 1 aliphatic heterocycles. The Morgan fingerprint density at radius 3 is 2.61 bits per heavy atom. The molecule has 1 saturated heterocycles. The Bertz CT molecular complexity index is 854. The van der Waals surface area contributed by atoms with E-state index in [4.69, 9.17) is 0 Å². The van der Waals surface area contributed by atoms with Crippen LogP contribution < -0.4 is 0 Å². The number of hydrogen-bond acceptors (Lipinski definition) is 4. The van der Waals surface area contributed by atoms with Gasteiger partial charge >= 0.3 is 5.97 Å². The number of esters is 1. The van der Waals surface area contributed by atoms with Gasteiger partial charge < -0.3 is 4.74 Å². The summed E-state index contributed by atoms with van der Waals surface area (Å²) in [7, 11) is 0. The standard InChI is InChI=1S/C22H23F2NO3/c1-2-28-22(27)21(26)11-17-10-20(24)18(12-19(17)23)16-8-9-25(14-16)13-15-6-4-3-5-7-15/h3-7,10,12,16H,2,8-9,11,13-14H2,1H3. The van der Waals surface area contributed by atoms with E-state index in [0.717, 1.165) is 25.6 Å². The highest BCUT2D eigenvalue weighted by Gasteiger charge is 2.28. The maximum absolute atomic E-state index is 14.6. The van der Waals surface area contributed by atoms with Crippen LogP contribution in [-0.2, 0) is 27.3 Å². The van der Waals surface area contributed by atoms with Crippen molar-refractivity contribution in [1.29, 1.82) is 0 Å². The summed E-state index contributed by atoms with van der Waals surface area (Å²) in [5, 5.41) is 0. The zero-order valence-electron chi connectivity index (χ0n) is 15.8. The fraction of sp³-hybridized carbons (Fsp3) is 0.364. The van der Waals surface area contributed by atoms with Crippen LogP contribution in [0.1, 0.15) is 36.0 Å². The quantitative estimate of drug-likeness (QED) is 0.538. The number of ketones is 1. The van der Waals surface area contributed by atoms with Gasteiger partial charge in [-0.05, 0) is 48.7 Å². The lowest BCUT2D eigenvalue weighted by Gasteiger charge is -2.17. The van der Waals surface area contributed by atoms with E-state index in [1.165, 1.54) is 11.6 Å². The Hall–Kier alpha value is -2.60. The van der Waals surface area contributed by atoms with Crippen molar-refractivity contribution in [1.82, 2.24) is 4.90 Å². The molecule has 4 nitrogen and oxygen atoms in total. The molecule has 2 aromatic carbocycles. The molecule has 0 aliphatic carbocycles. The fourth-order valence-corrected chi connectivity index (χ4v) is 3.58. The fourth-order valence-electron chi connectivity index (χ4n) is 3.58. The monoisotopic (exact) mass is 387 g/mol. The number of rotatable bonds is 7. The van der Waals surface area contributed by atoms with Crippen molar-refractivity contribution >= 4 is 11.8 Å². The number of carbonyl (C=O) groups is 2. The molecule has 3 rings (SSSR count). The largest absolute Gasteiger partial charge is 0.460 e. The van der Waals surface area contributed by atoms with Crippen LogP contribution in [0.25, 0.3) is 0 Å². The van der Waals surface area contributed by atoms with Gasteiger partial charge in [-0.2, -0.15) is 0 Å². The number of hydrogen-bond donors (Lipinski definition) is 0. The second kappa shape index (κ2) is 9.06. The Balaban J connectivity index is 1.67. The maximum atomic E-state index is 14.6. The summed E-state index contributed by atoms with van der Waals surface area (Å²) in [5.41, 5.74) is 1.38. The summed E-state index contributed by atoms with van der Waals surface area (Å²) in [6, 6.07) is 12.2.